The molecule has 3 aromatic heterocycles. The number of hydrogen-bond donors (Lipinski definition) is 2. The van der Waals surface area contributed by atoms with Gasteiger partial charge in [0.05, 0.1) is 24.1 Å². The molecule has 2 bridgehead atoms. The number of pyridine rings is 1. The Morgan fingerprint density at radius 1 is 1.03 bits per heavy atom. The van der Waals surface area contributed by atoms with Crippen molar-refractivity contribution in [1.29, 1.82) is 0 Å². The SMILES string of the molecule is CS(=O)(=O)c1c([C@H]2C[C@H]3CC[C@@H](C2)N3CC(N)=O)nc2c(-c3ccc(-c4ccccc4)nc3)cnn2c1N. The van der Waals surface area contributed by atoms with Crippen LogP contribution in [-0.2, 0) is 14.6 Å². The fourth-order valence-corrected chi connectivity index (χ4v) is 7.21. The second kappa shape index (κ2) is 9.17. The molecule has 3 atom stereocenters. The summed E-state index contributed by atoms with van der Waals surface area (Å²) in [6.07, 6.45) is 7.83. The van der Waals surface area contributed by atoms with E-state index < -0.39 is 9.84 Å². The van der Waals surface area contributed by atoms with Crippen LogP contribution < -0.4 is 11.5 Å². The molecular formula is C27H29N7O3S. The average molecular weight is 532 g/mol. The summed E-state index contributed by atoms with van der Waals surface area (Å²) in [7, 11) is -3.69. The molecule has 0 spiro atoms. The number of amides is 1. The first kappa shape index (κ1) is 24.5. The second-order valence-corrected chi connectivity index (χ2v) is 12.2. The van der Waals surface area contributed by atoms with Crippen molar-refractivity contribution in [2.45, 2.75) is 48.6 Å². The molecule has 0 unspecified atom stereocenters. The van der Waals surface area contributed by atoms with Gasteiger partial charge in [0.15, 0.2) is 15.5 Å². The number of nitrogens with two attached hydrogens (primary N) is 2. The minimum Gasteiger partial charge on any atom is -0.382 e. The number of benzene rings is 1. The molecule has 1 amide bonds. The summed E-state index contributed by atoms with van der Waals surface area (Å²) < 4.78 is 27.3. The van der Waals surface area contributed by atoms with Crippen LogP contribution in [-0.4, -0.2) is 63.7 Å². The fraction of sp³-hybridized carbons (Fsp3) is 0.333. The molecule has 0 radical (unpaired) electrons. The van der Waals surface area contributed by atoms with Crippen LogP contribution in [0.1, 0.15) is 37.3 Å². The molecule has 11 heteroatoms. The van der Waals surface area contributed by atoms with E-state index in [2.05, 4.69) is 15.0 Å². The smallest absolute Gasteiger partial charge is 0.231 e. The largest absolute Gasteiger partial charge is 0.382 e. The van der Waals surface area contributed by atoms with Gasteiger partial charge in [0.25, 0.3) is 0 Å². The molecule has 0 aliphatic carbocycles. The summed E-state index contributed by atoms with van der Waals surface area (Å²) in [5.74, 6) is -0.411. The maximum absolute atomic E-state index is 13.0. The Morgan fingerprint density at radius 3 is 2.34 bits per heavy atom. The Bertz CT molecular complexity index is 1620. The zero-order chi connectivity index (χ0) is 26.6. The van der Waals surface area contributed by atoms with Crippen molar-refractivity contribution in [3.63, 3.8) is 0 Å². The third-order valence-corrected chi connectivity index (χ3v) is 8.95. The molecule has 196 valence electrons. The van der Waals surface area contributed by atoms with Gasteiger partial charge in [-0.1, -0.05) is 36.4 Å². The number of fused-ring (bicyclic) bond motifs is 3. The number of nitrogens with zero attached hydrogens (tertiary/aromatic N) is 5. The first-order chi connectivity index (χ1) is 18.2. The monoisotopic (exact) mass is 531 g/mol. The van der Waals surface area contributed by atoms with Crippen LogP contribution in [0.5, 0.6) is 0 Å². The van der Waals surface area contributed by atoms with Crippen molar-refractivity contribution in [2.24, 2.45) is 5.73 Å². The summed E-state index contributed by atoms with van der Waals surface area (Å²) in [5, 5.41) is 4.40. The number of anilines is 1. The first-order valence-electron chi connectivity index (χ1n) is 12.6. The van der Waals surface area contributed by atoms with Gasteiger partial charge in [0, 0.05) is 47.1 Å². The average Bonchev–Trinajstić information content (AvgIpc) is 3.40. The Hall–Kier alpha value is -3.83. The highest BCUT2D eigenvalue weighted by Crippen LogP contribution is 2.45. The van der Waals surface area contributed by atoms with Crippen LogP contribution in [0, 0.1) is 0 Å². The number of primary amides is 1. The summed E-state index contributed by atoms with van der Waals surface area (Å²) in [6.45, 7) is 0.217. The van der Waals surface area contributed by atoms with E-state index >= 15 is 0 Å². The van der Waals surface area contributed by atoms with Crippen LogP contribution in [0.4, 0.5) is 5.82 Å². The van der Waals surface area contributed by atoms with Crippen LogP contribution in [0.15, 0.2) is 59.8 Å². The number of piperidine rings is 1. The Balaban J connectivity index is 1.43. The van der Waals surface area contributed by atoms with Gasteiger partial charge >= 0.3 is 0 Å². The number of nitrogen functional groups attached to an aromatic ring is 1. The van der Waals surface area contributed by atoms with Gasteiger partial charge < -0.3 is 11.5 Å². The lowest BCUT2D eigenvalue weighted by atomic mass is 9.87. The van der Waals surface area contributed by atoms with Crippen LogP contribution in [0.3, 0.4) is 0 Å². The van der Waals surface area contributed by atoms with Crippen LogP contribution in [0.2, 0.25) is 0 Å². The highest BCUT2D eigenvalue weighted by molar-refractivity contribution is 7.91. The topological polar surface area (TPSA) is 150 Å². The minimum atomic E-state index is -3.69. The van der Waals surface area contributed by atoms with Gasteiger partial charge in [-0.15, -0.1) is 0 Å². The van der Waals surface area contributed by atoms with Gasteiger partial charge in [-0.3, -0.25) is 14.7 Å². The highest BCUT2D eigenvalue weighted by atomic mass is 32.2. The van der Waals surface area contributed by atoms with E-state index in [-0.39, 0.29) is 41.2 Å². The van der Waals surface area contributed by atoms with Crippen molar-refractivity contribution in [3.8, 4) is 22.4 Å². The van der Waals surface area contributed by atoms with Gasteiger partial charge in [-0.2, -0.15) is 9.61 Å². The number of carbonyl (C=O) groups is 1. The van der Waals surface area contributed by atoms with Gasteiger partial charge in [-0.05, 0) is 31.7 Å². The fourth-order valence-electron chi connectivity index (χ4n) is 6.15. The minimum absolute atomic E-state index is 0.0324. The lowest BCUT2D eigenvalue weighted by Gasteiger charge is -2.38. The summed E-state index contributed by atoms with van der Waals surface area (Å²) in [6, 6.07) is 14.1. The third-order valence-electron chi connectivity index (χ3n) is 7.79. The van der Waals surface area contributed by atoms with Crippen molar-refractivity contribution in [3.05, 3.63) is 60.6 Å². The molecule has 38 heavy (non-hydrogen) atoms. The van der Waals surface area contributed by atoms with Crippen molar-refractivity contribution >= 4 is 27.2 Å². The molecule has 2 fully saturated rings. The predicted molar refractivity (Wildman–Crippen MR) is 144 cm³/mol. The summed E-state index contributed by atoms with van der Waals surface area (Å²) >= 11 is 0. The molecule has 2 aliphatic heterocycles. The van der Waals surface area contributed by atoms with E-state index in [1.54, 1.807) is 12.4 Å². The van der Waals surface area contributed by atoms with Crippen molar-refractivity contribution in [2.75, 3.05) is 18.5 Å². The van der Waals surface area contributed by atoms with E-state index in [9.17, 15) is 13.2 Å². The van der Waals surface area contributed by atoms with E-state index in [4.69, 9.17) is 16.5 Å². The number of aromatic nitrogens is 4. The summed E-state index contributed by atoms with van der Waals surface area (Å²) in [4.78, 5) is 23.4. The van der Waals surface area contributed by atoms with E-state index in [1.807, 2.05) is 42.5 Å². The van der Waals surface area contributed by atoms with Crippen LogP contribution in [0.25, 0.3) is 28.0 Å². The molecule has 2 aliphatic rings. The van der Waals surface area contributed by atoms with Gasteiger partial charge in [-0.25, -0.2) is 13.4 Å². The standard InChI is InChI=1S/C27H29N7O3S/c1-38(36,37)25-24(18-11-19-8-9-20(12-18)33(19)15-23(28)35)32-27-21(14-31-34(27)26(25)29)17-7-10-22(30-13-17)16-5-3-2-4-6-16/h2-7,10,13-14,18-20H,8-9,11-12,15,29H2,1H3,(H2,28,35)/t18-,19+,20-. The van der Waals surface area contributed by atoms with E-state index in [0.717, 1.165) is 41.5 Å². The highest BCUT2D eigenvalue weighted by Gasteiger charge is 2.43. The zero-order valence-corrected chi connectivity index (χ0v) is 21.8. The lowest BCUT2D eigenvalue weighted by molar-refractivity contribution is -0.120. The van der Waals surface area contributed by atoms with Crippen molar-refractivity contribution < 1.29 is 13.2 Å². The van der Waals surface area contributed by atoms with Gasteiger partial charge in [0.1, 0.15) is 10.7 Å². The molecule has 6 rings (SSSR count). The number of sulfone groups is 1. The molecule has 0 saturated carbocycles. The number of carbonyl (C=O) groups excluding carboxylic acids is 1. The van der Waals surface area contributed by atoms with Crippen LogP contribution >= 0.6 is 0 Å². The molecule has 2 saturated heterocycles. The normalized spacial score (nSPS) is 21.7. The maximum atomic E-state index is 13.0. The number of hydrogen-bond acceptors (Lipinski definition) is 8. The number of rotatable bonds is 6. The lowest BCUT2D eigenvalue weighted by Crippen LogP contribution is -2.46. The maximum Gasteiger partial charge on any atom is 0.231 e. The van der Waals surface area contributed by atoms with E-state index in [0.29, 0.717) is 24.2 Å². The molecule has 4 N–H and O–H groups in total. The molecule has 10 nitrogen and oxygen atoms in total. The predicted octanol–water partition coefficient (Wildman–Crippen LogP) is 2.64. The Morgan fingerprint density at radius 2 is 1.74 bits per heavy atom. The second-order valence-electron chi connectivity index (χ2n) is 10.3. The Kier molecular flexibility index (Phi) is 5.92. The quantitative estimate of drug-likeness (QED) is 0.386. The molecule has 5 heterocycles. The third kappa shape index (κ3) is 4.21. The van der Waals surface area contributed by atoms with E-state index in [1.165, 1.54) is 4.52 Å². The van der Waals surface area contributed by atoms with Gasteiger partial charge in [0.2, 0.25) is 5.91 Å². The first-order valence-corrected chi connectivity index (χ1v) is 14.5. The zero-order valence-electron chi connectivity index (χ0n) is 21.0. The van der Waals surface area contributed by atoms with Crippen molar-refractivity contribution in [1.82, 2.24) is 24.5 Å². The summed E-state index contributed by atoms with van der Waals surface area (Å²) in [5.41, 5.74) is 16.3. The molecule has 1 aromatic carbocycles. The molecular weight excluding hydrogens is 502 g/mol. The Labute approximate surface area is 220 Å². The molecule has 4 aromatic rings.